The second-order valence-corrected chi connectivity index (χ2v) is 5.90. The Balaban J connectivity index is 0.00000132. The van der Waals surface area contributed by atoms with Crippen molar-refractivity contribution < 1.29 is 12.8 Å². The van der Waals surface area contributed by atoms with Gasteiger partial charge in [0.2, 0.25) is 0 Å². The maximum absolute atomic E-state index is 12.0. The lowest BCUT2D eigenvalue weighted by molar-refractivity contribution is 0.0926. The van der Waals surface area contributed by atoms with Gasteiger partial charge in [0.15, 0.2) is 0 Å². The van der Waals surface area contributed by atoms with Crippen LogP contribution in [0.1, 0.15) is 19.4 Å². The largest absolute Gasteiger partial charge is 0.394 e. The number of H-pyrrole nitrogens is 1. The van der Waals surface area contributed by atoms with Gasteiger partial charge < -0.3 is 15.4 Å². The smallest absolute Gasteiger partial charge is 0.261 e. The van der Waals surface area contributed by atoms with Crippen molar-refractivity contribution in [2.45, 2.75) is 13.0 Å². The standard InChI is InChI=1S/C15H15N3O2S.2H2/c1-9(8-19)18-15(20)13-3-2-12(21-13)10-4-6-16-14-11(10)5-7-17-14;;/h2-7,9,19H,8H2,1H3,(H,16,17)(H,18,20);2*1H/t9-;;/m0../s1. The molecule has 3 aromatic rings. The minimum Gasteiger partial charge on any atom is -0.394 e. The van der Waals surface area contributed by atoms with Gasteiger partial charge in [-0.25, -0.2) is 4.98 Å². The van der Waals surface area contributed by atoms with Crippen molar-refractivity contribution in [2.75, 3.05) is 6.61 Å². The summed E-state index contributed by atoms with van der Waals surface area (Å²) < 4.78 is 0. The molecule has 0 fully saturated rings. The van der Waals surface area contributed by atoms with E-state index in [0.29, 0.717) is 4.88 Å². The Bertz CT molecular complexity index is 788. The molecule has 0 saturated carbocycles. The Morgan fingerprint density at radius 2 is 2.33 bits per heavy atom. The topological polar surface area (TPSA) is 78.0 Å². The fraction of sp³-hybridized carbons (Fsp3) is 0.200. The van der Waals surface area contributed by atoms with Crippen molar-refractivity contribution in [3.63, 3.8) is 0 Å². The highest BCUT2D eigenvalue weighted by atomic mass is 32.1. The van der Waals surface area contributed by atoms with Crippen LogP contribution in [0.5, 0.6) is 0 Å². The monoisotopic (exact) mass is 305 g/mol. The van der Waals surface area contributed by atoms with Crippen molar-refractivity contribution in [1.29, 1.82) is 0 Å². The normalized spacial score (nSPS) is 12.5. The number of thiophene rings is 1. The quantitative estimate of drug-likeness (QED) is 0.693. The third kappa shape index (κ3) is 2.68. The molecule has 112 valence electrons. The van der Waals surface area contributed by atoms with Crippen LogP contribution in [-0.2, 0) is 0 Å². The van der Waals surface area contributed by atoms with E-state index in [9.17, 15) is 4.79 Å². The first-order chi connectivity index (χ1) is 10.2. The molecule has 0 saturated heterocycles. The summed E-state index contributed by atoms with van der Waals surface area (Å²) in [6.45, 7) is 1.69. The van der Waals surface area contributed by atoms with Crippen LogP contribution in [0, 0.1) is 0 Å². The maximum Gasteiger partial charge on any atom is 0.261 e. The molecule has 6 heteroatoms. The highest BCUT2D eigenvalue weighted by Gasteiger charge is 2.14. The Morgan fingerprint density at radius 1 is 1.48 bits per heavy atom. The average molecular weight is 305 g/mol. The van der Waals surface area contributed by atoms with Gasteiger partial charge in [0, 0.05) is 37.1 Å². The lowest BCUT2D eigenvalue weighted by Gasteiger charge is -2.08. The molecule has 0 bridgehead atoms. The summed E-state index contributed by atoms with van der Waals surface area (Å²) in [5, 5.41) is 12.8. The Morgan fingerprint density at radius 3 is 3.14 bits per heavy atom. The number of aliphatic hydroxyl groups excluding tert-OH is 1. The average Bonchev–Trinajstić information content (AvgIpc) is 3.15. The molecule has 3 N–H and O–H groups in total. The molecule has 5 nitrogen and oxygen atoms in total. The summed E-state index contributed by atoms with van der Waals surface area (Å²) in [4.78, 5) is 21.0. The van der Waals surface area contributed by atoms with Crippen LogP contribution in [0.15, 0.2) is 36.7 Å². The molecule has 0 aromatic carbocycles. The van der Waals surface area contributed by atoms with E-state index in [4.69, 9.17) is 5.11 Å². The number of nitrogens with one attached hydrogen (secondary N) is 2. The SMILES string of the molecule is C[C@@H](CO)NC(=O)c1ccc(-c2ccnc3[nH]ccc23)s1.[HH].[HH]. The number of nitrogens with zero attached hydrogens (tertiary/aromatic N) is 1. The number of aliphatic hydroxyl groups is 1. The van der Waals surface area contributed by atoms with E-state index in [-0.39, 0.29) is 21.4 Å². The van der Waals surface area contributed by atoms with Gasteiger partial charge in [-0.2, -0.15) is 0 Å². The number of aromatic nitrogens is 2. The fourth-order valence-corrected chi connectivity index (χ4v) is 3.07. The molecule has 0 aliphatic carbocycles. The van der Waals surface area contributed by atoms with E-state index in [0.717, 1.165) is 21.5 Å². The Labute approximate surface area is 128 Å². The molecule has 3 heterocycles. The number of fused-ring (bicyclic) bond motifs is 1. The van der Waals surface area contributed by atoms with Crippen LogP contribution in [-0.4, -0.2) is 33.6 Å². The molecule has 0 aliphatic rings. The van der Waals surface area contributed by atoms with Gasteiger partial charge in [0.05, 0.1) is 11.5 Å². The van der Waals surface area contributed by atoms with E-state index >= 15 is 0 Å². The highest BCUT2D eigenvalue weighted by molar-refractivity contribution is 7.17. The van der Waals surface area contributed by atoms with E-state index in [1.165, 1.54) is 11.3 Å². The van der Waals surface area contributed by atoms with Crippen molar-refractivity contribution in [3.8, 4) is 10.4 Å². The minimum atomic E-state index is -0.250. The summed E-state index contributed by atoms with van der Waals surface area (Å²) in [6.07, 6.45) is 3.60. The summed E-state index contributed by atoms with van der Waals surface area (Å²) in [5.41, 5.74) is 1.89. The number of rotatable bonds is 4. The number of amides is 1. The fourth-order valence-electron chi connectivity index (χ4n) is 2.12. The molecule has 0 aliphatic heterocycles. The first-order valence-corrected chi connectivity index (χ1v) is 7.44. The molecular formula is C15H19N3O2S. The number of carbonyl (C=O) groups excluding carboxylic acids is 1. The molecular weight excluding hydrogens is 286 g/mol. The van der Waals surface area contributed by atoms with Crippen LogP contribution in [0.3, 0.4) is 0 Å². The number of hydrogen-bond acceptors (Lipinski definition) is 4. The van der Waals surface area contributed by atoms with Gasteiger partial charge in [0.1, 0.15) is 5.65 Å². The minimum absolute atomic E-state index is 0. The van der Waals surface area contributed by atoms with E-state index in [1.54, 1.807) is 19.2 Å². The first-order valence-electron chi connectivity index (χ1n) is 6.63. The van der Waals surface area contributed by atoms with Crippen LogP contribution >= 0.6 is 11.3 Å². The second kappa shape index (κ2) is 5.67. The zero-order valence-electron chi connectivity index (χ0n) is 11.5. The van der Waals surface area contributed by atoms with E-state index in [2.05, 4.69) is 15.3 Å². The molecule has 3 aromatic heterocycles. The van der Waals surface area contributed by atoms with Gasteiger partial charge in [0.25, 0.3) is 5.91 Å². The molecule has 3 rings (SSSR count). The van der Waals surface area contributed by atoms with Gasteiger partial charge >= 0.3 is 0 Å². The van der Waals surface area contributed by atoms with E-state index in [1.807, 2.05) is 24.4 Å². The Kier molecular flexibility index (Phi) is 3.72. The number of pyridine rings is 1. The van der Waals surface area contributed by atoms with Gasteiger partial charge in [-0.3, -0.25) is 4.79 Å². The van der Waals surface area contributed by atoms with Crippen LogP contribution in [0.2, 0.25) is 0 Å². The van der Waals surface area contributed by atoms with Crippen LogP contribution in [0.25, 0.3) is 21.5 Å². The summed E-state index contributed by atoms with van der Waals surface area (Å²) in [7, 11) is 0. The molecule has 0 radical (unpaired) electrons. The molecule has 0 spiro atoms. The van der Waals surface area contributed by atoms with Crippen molar-refractivity contribution in [3.05, 3.63) is 41.5 Å². The van der Waals surface area contributed by atoms with Crippen LogP contribution < -0.4 is 5.32 Å². The molecule has 1 amide bonds. The van der Waals surface area contributed by atoms with Crippen molar-refractivity contribution in [2.24, 2.45) is 0 Å². The predicted molar refractivity (Wildman–Crippen MR) is 87.6 cm³/mol. The van der Waals surface area contributed by atoms with Gasteiger partial charge in [-0.15, -0.1) is 11.3 Å². The predicted octanol–water partition coefficient (Wildman–Crippen LogP) is 2.89. The second-order valence-electron chi connectivity index (χ2n) is 4.82. The van der Waals surface area contributed by atoms with E-state index < -0.39 is 0 Å². The number of carbonyl (C=O) groups is 1. The van der Waals surface area contributed by atoms with Crippen molar-refractivity contribution in [1.82, 2.24) is 15.3 Å². The highest BCUT2D eigenvalue weighted by Crippen LogP contribution is 2.32. The number of hydrogen-bond donors (Lipinski definition) is 3. The summed E-state index contributed by atoms with van der Waals surface area (Å²) >= 11 is 1.43. The van der Waals surface area contributed by atoms with Gasteiger partial charge in [-0.1, -0.05) is 0 Å². The lowest BCUT2D eigenvalue weighted by atomic mass is 10.1. The molecule has 1 atom stereocenters. The zero-order valence-corrected chi connectivity index (χ0v) is 12.3. The zero-order chi connectivity index (χ0) is 14.8. The van der Waals surface area contributed by atoms with Crippen LogP contribution in [0.4, 0.5) is 0 Å². The molecule has 0 unspecified atom stereocenters. The molecule has 21 heavy (non-hydrogen) atoms. The lowest BCUT2D eigenvalue weighted by Crippen LogP contribution is -2.34. The summed E-state index contributed by atoms with van der Waals surface area (Å²) in [5.74, 6) is -0.160. The third-order valence-electron chi connectivity index (χ3n) is 3.21. The Hall–Kier alpha value is -2.18. The maximum atomic E-state index is 12.0. The first kappa shape index (κ1) is 13.8. The van der Waals surface area contributed by atoms with Crippen molar-refractivity contribution >= 4 is 28.3 Å². The number of aromatic amines is 1. The summed E-state index contributed by atoms with van der Waals surface area (Å²) in [6, 6.07) is 7.41. The third-order valence-corrected chi connectivity index (χ3v) is 4.32. The van der Waals surface area contributed by atoms with Gasteiger partial charge in [-0.05, 0) is 31.2 Å².